The minimum atomic E-state index is -0.00532. The van der Waals surface area contributed by atoms with E-state index in [2.05, 4.69) is 30.9 Å². The van der Waals surface area contributed by atoms with E-state index < -0.39 is 0 Å². The molecule has 0 bridgehead atoms. The summed E-state index contributed by atoms with van der Waals surface area (Å²) < 4.78 is 5.41. The van der Waals surface area contributed by atoms with E-state index >= 15 is 0 Å². The van der Waals surface area contributed by atoms with Crippen LogP contribution in [0.2, 0.25) is 0 Å². The number of pyridine rings is 1. The van der Waals surface area contributed by atoms with Crippen LogP contribution in [0.4, 0.5) is 11.5 Å². The minimum Gasteiger partial charge on any atom is -0.385 e. The minimum absolute atomic E-state index is 0.00510. The molecule has 0 aromatic carbocycles. The zero-order valence-electron chi connectivity index (χ0n) is 15.9. The zero-order valence-corrected chi connectivity index (χ0v) is 15.9. The topological polar surface area (TPSA) is 101 Å². The summed E-state index contributed by atoms with van der Waals surface area (Å²) in [6.07, 6.45) is 6.27. The third-order valence-electron chi connectivity index (χ3n) is 5.31. The van der Waals surface area contributed by atoms with Crippen molar-refractivity contribution in [1.29, 1.82) is 0 Å². The van der Waals surface area contributed by atoms with Gasteiger partial charge in [0.2, 0.25) is 5.91 Å². The quantitative estimate of drug-likeness (QED) is 0.702. The molecule has 0 unspecified atom stereocenters. The highest BCUT2D eigenvalue weighted by Gasteiger charge is 2.22. The molecule has 148 valence electrons. The van der Waals surface area contributed by atoms with E-state index in [1.54, 1.807) is 12.3 Å². The number of nitrogens with zero attached hydrogens (tertiary/aromatic N) is 3. The highest BCUT2D eigenvalue weighted by Crippen LogP contribution is 2.22. The van der Waals surface area contributed by atoms with Crippen molar-refractivity contribution in [2.75, 3.05) is 43.5 Å². The van der Waals surface area contributed by atoms with E-state index in [4.69, 9.17) is 4.74 Å². The largest absolute Gasteiger partial charge is 0.385 e. The van der Waals surface area contributed by atoms with Crippen LogP contribution in [0.25, 0.3) is 11.4 Å². The Morgan fingerprint density at radius 1 is 1.14 bits per heavy atom. The number of hydrogen-bond acceptors (Lipinski definition) is 7. The molecule has 28 heavy (non-hydrogen) atoms. The van der Waals surface area contributed by atoms with Crippen molar-refractivity contribution >= 4 is 17.4 Å². The Bertz CT molecular complexity index is 803. The van der Waals surface area contributed by atoms with Gasteiger partial charge in [-0.2, -0.15) is 0 Å². The number of aromatic nitrogens is 3. The maximum absolute atomic E-state index is 12.3. The van der Waals surface area contributed by atoms with E-state index in [0.717, 1.165) is 56.9 Å². The first kappa shape index (κ1) is 18.8. The van der Waals surface area contributed by atoms with E-state index in [-0.39, 0.29) is 11.8 Å². The van der Waals surface area contributed by atoms with Crippen molar-refractivity contribution in [2.24, 2.45) is 11.8 Å². The van der Waals surface area contributed by atoms with Gasteiger partial charge >= 0.3 is 0 Å². The zero-order chi connectivity index (χ0) is 19.2. The van der Waals surface area contributed by atoms with Crippen molar-refractivity contribution in [1.82, 2.24) is 20.3 Å². The Hall–Kier alpha value is -2.58. The molecule has 2 aliphatic heterocycles. The molecule has 0 saturated carbocycles. The van der Waals surface area contributed by atoms with Gasteiger partial charge < -0.3 is 20.7 Å². The summed E-state index contributed by atoms with van der Waals surface area (Å²) in [6.45, 7) is 4.21. The van der Waals surface area contributed by atoms with Crippen molar-refractivity contribution < 1.29 is 9.53 Å². The molecule has 0 spiro atoms. The first-order chi connectivity index (χ1) is 13.8. The van der Waals surface area contributed by atoms with Gasteiger partial charge in [0.15, 0.2) is 0 Å². The maximum atomic E-state index is 12.3. The summed E-state index contributed by atoms with van der Waals surface area (Å²) in [6, 6.07) is 5.71. The maximum Gasteiger partial charge on any atom is 0.229 e. The average molecular weight is 382 g/mol. The van der Waals surface area contributed by atoms with Crippen LogP contribution in [-0.2, 0) is 9.53 Å². The molecule has 1 amide bonds. The third-order valence-corrected chi connectivity index (χ3v) is 5.31. The number of carbonyl (C=O) groups is 1. The van der Waals surface area contributed by atoms with E-state index in [1.165, 1.54) is 6.33 Å². The fourth-order valence-electron chi connectivity index (χ4n) is 3.57. The highest BCUT2D eigenvalue weighted by molar-refractivity contribution is 5.92. The summed E-state index contributed by atoms with van der Waals surface area (Å²) in [7, 11) is 0. The summed E-state index contributed by atoms with van der Waals surface area (Å²) >= 11 is 0. The number of ether oxygens (including phenoxy) is 1. The molecular formula is C20H26N6O2. The van der Waals surface area contributed by atoms with E-state index in [0.29, 0.717) is 24.0 Å². The lowest BCUT2D eigenvalue weighted by Crippen LogP contribution is -2.25. The standard InChI is InChI=1S/C20H26N6O2/c27-20(15-1-5-21-12-15)26-19-10-18(24-13-25-19)17-9-16(2-6-22-17)23-11-14-3-7-28-8-4-14/h2,6,9-10,13-15,21H,1,3-5,7-8,11-12H2,(H,22,23)(H,24,25,26,27)/t15-/m1/s1. The van der Waals surface area contributed by atoms with Gasteiger partial charge in [-0.05, 0) is 43.9 Å². The Labute approximate surface area is 164 Å². The molecule has 8 nitrogen and oxygen atoms in total. The van der Waals surface area contributed by atoms with Crippen molar-refractivity contribution in [3.8, 4) is 11.4 Å². The number of anilines is 2. The van der Waals surface area contributed by atoms with Gasteiger partial charge in [-0.25, -0.2) is 9.97 Å². The van der Waals surface area contributed by atoms with Gasteiger partial charge in [-0.1, -0.05) is 0 Å². The van der Waals surface area contributed by atoms with E-state index in [9.17, 15) is 4.79 Å². The lowest BCUT2D eigenvalue weighted by molar-refractivity contribution is -0.119. The molecule has 2 saturated heterocycles. The molecule has 0 radical (unpaired) electrons. The van der Waals surface area contributed by atoms with Crippen LogP contribution in [0.3, 0.4) is 0 Å². The lowest BCUT2D eigenvalue weighted by atomic mass is 10.0. The second kappa shape index (κ2) is 9.07. The number of amides is 1. The monoisotopic (exact) mass is 382 g/mol. The Kier molecular flexibility index (Phi) is 6.08. The Balaban J connectivity index is 1.41. The fourth-order valence-corrected chi connectivity index (χ4v) is 3.57. The van der Waals surface area contributed by atoms with Crippen LogP contribution in [0.15, 0.2) is 30.7 Å². The van der Waals surface area contributed by atoms with Crippen LogP contribution in [0.1, 0.15) is 19.3 Å². The average Bonchev–Trinajstić information content (AvgIpc) is 3.29. The first-order valence-corrected chi connectivity index (χ1v) is 9.89. The fraction of sp³-hybridized carbons (Fsp3) is 0.500. The molecule has 2 aromatic rings. The Morgan fingerprint density at radius 3 is 2.82 bits per heavy atom. The van der Waals surface area contributed by atoms with Crippen LogP contribution in [0, 0.1) is 11.8 Å². The van der Waals surface area contributed by atoms with E-state index in [1.807, 2.05) is 12.1 Å². The van der Waals surface area contributed by atoms with Crippen LogP contribution in [-0.4, -0.2) is 53.7 Å². The SMILES string of the molecule is O=C(Nc1cc(-c2cc(NCC3CCOCC3)ccn2)ncn1)[C@@H]1CCNC1. The van der Waals surface area contributed by atoms with Gasteiger partial charge in [-0.15, -0.1) is 0 Å². The molecule has 8 heteroatoms. The first-order valence-electron chi connectivity index (χ1n) is 9.89. The summed E-state index contributed by atoms with van der Waals surface area (Å²) in [4.78, 5) is 25.2. The van der Waals surface area contributed by atoms with Crippen molar-refractivity contribution in [2.45, 2.75) is 19.3 Å². The van der Waals surface area contributed by atoms with Crippen LogP contribution < -0.4 is 16.0 Å². The smallest absolute Gasteiger partial charge is 0.229 e. The molecule has 3 N–H and O–H groups in total. The van der Waals surface area contributed by atoms with Crippen molar-refractivity contribution in [3.63, 3.8) is 0 Å². The number of nitrogens with one attached hydrogen (secondary N) is 3. The summed E-state index contributed by atoms with van der Waals surface area (Å²) in [5.74, 6) is 1.13. The number of rotatable bonds is 6. The number of hydrogen-bond donors (Lipinski definition) is 3. The van der Waals surface area contributed by atoms with Crippen molar-refractivity contribution in [3.05, 3.63) is 30.7 Å². The third kappa shape index (κ3) is 4.82. The predicted molar refractivity (Wildman–Crippen MR) is 107 cm³/mol. The molecule has 2 fully saturated rings. The molecule has 1 atom stereocenters. The van der Waals surface area contributed by atoms with Gasteiger partial charge in [0.1, 0.15) is 12.1 Å². The normalized spacial score (nSPS) is 20.1. The summed E-state index contributed by atoms with van der Waals surface area (Å²) in [5, 5.41) is 9.58. The van der Waals surface area contributed by atoms with Gasteiger partial charge in [0.25, 0.3) is 0 Å². The van der Waals surface area contributed by atoms with Gasteiger partial charge in [-0.3, -0.25) is 9.78 Å². The molecular weight excluding hydrogens is 356 g/mol. The summed E-state index contributed by atoms with van der Waals surface area (Å²) in [5.41, 5.74) is 2.44. The molecule has 4 rings (SSSR count). The van der Waals surface area contributed by atoms with Gasteiger partial charge in [0.05, 0.1) is 17.3 Å². The predicted octanol–water partition coefficient (Wildman–Crippen LogP) is 1.93. The second-order valence-electron chi connectivity index (χ2n) is 7.33. The molecule has 4 heterocycles. The Morgan fingerprint density at radius 2 is 2.00 bits per heavy atom. The second-order valence-corrected chi connectivity index (χ2v) is 7.33. The molecule has 0 aliphatic carbocycles. The highest BCUT2D eigenvalue weighted by atomic mass is 16.5. The van der Waals surface area contributed by atoms with Crippen LogP contribution >= 0.6 is 0 Å². The number of carbonyl (C=O) groups excluding carboxylic acids is 1. The van der Waals surface area contributed by atoms with Crippen LogP contribution in [0.5, 0.6) is 0 Å². The van der Waals surface area contributed by atoms with Gasteiger partial charge in [0, 0.05) is 44.3 Å². The lowest BCUT2D eigenvalue weighted by Gasteiger charge is -2.22. The molecule has 2 aliphatic rings. The molecule has 2 aromatic heterocycles.